The zero-order chi connectivity index (χ0) is 19.3. The summed E-state index contributed by atoms with van der Waals surface area (Å²) < 4.78 is 1.32. The Bertz CT molecular complexity index is 1270. The minimum atomic E-state index is -0.561. The van der Waals surface area contributed by atoms with Crippen LogP contribution in [0, 0.1) is 17.4 Å². The molecule has 0 aliphatic carbocycles. The average Bonchev–Trinajstić information content (AvgIpc) is 3.03. The third-order valence-corrected chi connectivity index (χ3v) is 9.04. The molecule has 0 saturated carbocycles. The van der Waals surface area contributed by atoms with Gasteiger partial charge in [-0.05, 0) is 81.6 Å². The van der Waals surface area contributed by atoms with Crippen LogP contribution in [-0.4, -0.2) is 0 Å². The van der Waals surface area contributed by atoms with Gasteiger partial charge in [0.1, 0.15) is 0 Å². The van der Waals surface area contributed by atoms with Gasteiger partial charge in [0, 0.05) is 19.1 Å². The van der Waals surface area contributed by atoms with E-state index < -0.39 is 7.53 Å². The molecular formula is C26H20IP. The SMILES string of the molecule is Cc1cccc(I)c1-c1c(C)cccc1-p1c2ccccc2c2ccccc21. The number of fused-ring (bicyclic) bond motifs is 3. The molecule has 0 atom stereocenters. The van der Waals surface area contributed by atoms with Crippen LogP contribution in [0.25, 0.3) is 37.4 Å². The molecule has 136 valence electrons. The van der Waals surface area contributed by atoms with E-state index in [0.29, 0.717) is 0 Å². The zero-order valence-corrected chi connectivity index (χ0v) is 19.0. The number of hydrogen-bond donors (Lipinski definition) is 0. The predicted molar refractivity (Wildman–Crippen MR) is 133 cm³/mol. The van der Waals surface area contributed by atoms with Crippen molar-refractivity contribution in [3.05, 3.63) is 99.6 Å². The lowest BCUT2D eigenvalue weighted by molar-refractivity contribution is 1.40. The molecule has 0 N–H and O–H groups in total. The van der Waals surface area contributed by atoms with Crippen molar-refractivity contribution < 1.29 is 0 Å². The van der Waals surface area contributed by atoms with Gasteiger partial charge in [-0.25, -0.2) is 0 Å². The monoisotopic (exact) mass is 490 g/mol. The molecule has 28 heavy (non-hydrogen) atoms. The number of rotatable bonds is 2. The van der Waals surface area contributed by atoms with Gasteiger partial charge < -0.3 is 0 Å². The molecule has 0 radical (unpaired) electrons. The first-order valence-electron chi connectivity index (χ1n) is 9.50. The van der Waals surface area contributed by atoms with Crippen LogP contribution < -0.4 is 0 Å². The summed E-state index contributed by atoms with van der Waals surface area (Å²) in [7, 11) is -0.561. The van der Waals surface area contributed by atoms with E-state index in [1.807, 2.05) is 0 Å². The lowest BCUT2D eigenvalue weighted by Gasteiger charge is -2.17. The molecule has 0 aliphatic rings. The molecule has 5 rings (SSSR count). The Kier molecular flexibility index (Phi) is 4.53. The summed E-state index contributed by atoms with van der Waals surface area (Å²) in [5.41, 5.74) is 5.51. The van der Waals surface area contributed by atoms with Gasteiger partial charge in [-0.15, -0.1) is 0 Å². The van der Waals surface area contributed by atoms with Gasteiger partial charge in [0.25, 0.3) is 0 Å². The van der Waals surface area contributed by atoms with E-state index in [4.69, 9.17) is 0 Å². The van der Waals surface area contributed by atoms with Crippen LogP contribution in [0.15, 0.2) is 84.9 Å². The Morgan fingerprint density at radius 1 is 0.571 bits per heavy atom. The second-order valence-corrected chi connectivity index (χ2v) is 10.5. The van der Waals surface area contributed by atoms with Crippen molar-refractivity contribution >= 4 is 51.1 Å². The first-order valence-corrected chi connectivity index (χ1v) is 11.9. The Labute approximate surface area is 180 Å². The molecule has 5 aromatic rings. The molecule has 1 heterocycles. The molecule has 4 aromatic carbocycles. The predicted octanol–water partition coefficient (Wildman–Crippen LogP) is 8.86. The Balaban J connectivity index is 1.96. The van der Waals surface area contributed by atoms with Crippen LogP contribution in [0.2, 0.25) is 0 Å². The number of aryl methyl sites for hydroxylation is 2. The van der Waals surface area contributed by atoms with Crippen molar-refractivity contribution in [2.45, 2.75) is 13.8 Å². The highest BCUT2D eigenvalue weighted by atomic mass is 127. The fourth-order valence-electron chi connectivity index (χ4n) is 4.29. The summed E-state index contributed by atoms with van der Waals surface area (Å²) in [5.74, 6) is 0. The first kappa shape index (κ1) is 18.0. The van der Waals surface area contributed by atoms with Crippen LogP contribution in [-0.2, 0) is 0 Å². The third kappa shape index (κ3) is 2.72. The summed E-state index contributed by atoms with van der Waals surface area (Å²) >= 11 is 2.49. The van der Waals surface area contributed by atoms with Crippen molar-refractivity contribution in [2.75, 3.05) is 0 Å². The lowest BCUT2D eigenvalue weighted by Crippen LogP contribution is -1.92. The average molecular weight is 490 g/mol. The van der Waals surface area contributed by atoms with Gasteiger partial charge in [-0.2, -0.15) is 0 Å². The summed E-state index contributed by atoms with van der Waals surface area (Å²) in [6.45, 7) is 4.49. The van der Waals surface area contributed by atoms with Crippen LogP contribution in [0.4, 0.5) is 0 Å². The maximum absolute atomic E-state index is 2.49. The maximum Gasteiger partial charge on any atom is 0.0211 e. The molecule has 0 amide bonds. The fraction of sp³-hybridized carbons (Fsp3) is 0.0769. The Hall–Kier alpha value is -2.09. The van der Waals surface area contributed by atoms with Gasteiger partial charge in [0.15, 0.2) is 0 Å². The van der Waals surface area contributed by atoms with Crippen LogP contribution in [0.5, 0.6) is 0 Å². The molecule has 2 heteroatoms. The largest absolute Gasteiger partial charge is 0.0766 e. The summed E-state index contributed by atoms with van der Waals surface area (Å²) in [4.78, 5) is 0. The van der Waals surface area contributed by atoms with E-state index in [2.05, 4.69) is 121 Å². The summed E-state index contributed by atoms with van der Waals surface area (Å²) in [5, 5.41) is 7.23. The van der Waals surface area contributed by atoms with Crippen LogP contribution in [0.3, 0.4) is 0 Å². The molecule has 0 aliphatic heterocycles. The molecule has 0 unspecified atom stereocenters. The Morgan fingerprint density at radius 3 is 1.71 bits per heavy atom. The van der Waals surface area contributed by atoms with E-state index in [0.717, 1.165) is 0 Å². The van der Waals surface area contributed by atoms with Crippen LogP contribution in [0.1, 0.15) is 11.1 Å². The first-order chi connectivity index (χ1) is 13.7. The van der Waals surface area contributed by atoms with Crippen molar-refractivity contribution in [3.8, 4) is 16.4 Å². The number of hydrogen-bond acceptors (Lipinski definition) is 0. The van der Waals surface area contributed by atoms with E-state index in [1.54, 1.807) is 0 Å². The van der Waals surface area contributed by atoms with E-state index in [1.165, 1.54) is 52.1 Å². The van der Waals surface area contributed by atoms with Gasteiger partial charge in [0.05, 0.1) is 0 Å². The minimum absolute atomic E-state index is 0.561. The molecule has 0 saturated heterocycles. The van der Waals surface area contributed by atoms with Crippen molar-refractivity contribution in [1.29, 1.82) is 0 Å². The smallest absolute Gasteiger partial charge is 0.0211 e. The normalized spacial score (nSPS) is 11.4. The van der Waals surface area contributed by atoms with Gasteiger partial charge in [-0.3, -0.25) is 0 Å². The van der Waals surface area contributed by atoms with Gasteiger partial charge >= 0.3 is 0 Å². The van der Waals surface area contributed by atoms with Crippen LogP contribution >= 0.6 is 30.1 Å². The van der Waals surface area contributed by atoms with Gasteiger partial charge in [-0.1, -0.05) is 80.3 Å². The maximum atomic E-state index is 2.49. The second-order valence-electron chi connectivity index (χ2n) is 7.27. The van der Waals surface area contributed by atoms with E-state index >= 15 is 0 Å². The zero-order valence-electron chi connectivity index (χ0n) is 15.9. The second kappa shape index (κ2) is 7.06. The summed E-state index contributed by atoms with van der Waals surface area (Å²) in [6.07, 6.45) is 0. The molecule has 0 bridgehead atoms. The lowest BCUT2D eigenvalue weighted by atomic mass is 9.97. The summed E-state index contributed by atoms with van der Waals surface area (Å²) in [6, 6.07) is 31.4. The molecule has 0 spiro atoms. The standard InChI is InChI=1S/C26H20IP/c1-17-9-7-13-21(27)25(17)26-18(2)10-8-16-24(26)28-22-14-5-3-11-19(22)20-12-4-6-15-23(20)28/h3-16H,1-2H3. The number of benzene rings is 4. The fourth-order valence-corrected chi connectivity index (χ4v) is 8.06. The Morgan fingerprint density at radius 2 is 1.11 bits per heavy atom. The van der Waals surface area contributed by atoms with E-state index in [-0.39, 0.29) is 0 Å². The molecule has 0 fully saturated rings. The highest BCUT2D eigenvalue weighted by Gasteiger charge is 2.19. The molecule has 0 nitrogen and oxygen atoms in total. The molecular weight excluding hydrogens is 470 g/mol. The van der Waals surface area contributed by atoms with Crippen molar-refractivity contribution in [3.63, 3.8) is 0 Å². The topological polar surface area (TPSA) is 0 Å². The van der Waals surface area contributed by atoms with Gasteiger partial charge in [0.2, 0.25) is 0 Å². The van der Waals surface area contributed by atoms with E-state index in [9.17, 15) is 0 Å². The number of halogens is 1. The minimum Gasteiger partial charge on any atom is -0.0766 e. The highest BCUT2D eigenvalue weighted by molar-refractivity contribution is 14.1. The third-order valence-electron chi connectivity index (χ3n) is 5.54. The van der Waals surface area contributed by atoms with Crippen molar-refractivity contribution in [1.82, 2.24) is 0 Å². The molecule has 1 aromatic heterocycles. The highest BCUT2D eigenvalue weighted by Crippen LogP contribution is 2.58. The quantitative estimate of drug-likeness (QED) is 0.217. The van der Waals surface area contributed by atoms with Crippen molar-refractivity contribution in [2.24, 2.45) is 0 Å².